The number of aryl methyl sites for hydroxylation is 1. The largest absolute Gasteiger partial charge is 0.347 e. The van der Waals surface area contributed by atoms with Crippen molar-refractivity contribution in [2.24, 2.45) is 7.05 Å². The number of carbonyl (C=O) groups is 2. The van der Waals surface area contributed by atoms with Gasteiger partial charge in [0.05, 0.1) is 4.90 Å². The van der Waals surface area contributed by atoms with Gasteiger partial charge in [0.25, 0.3) is 15.9 Å². The van der Waals surface area contributed by atoms with E-state index in [9.17, 15) is 18.0 Å². The smallest absolute Gasteiger partial charge is 0.282 e. The van der Waals surface area contributed by atoms with Crippen LogP contribution in [0.3, 0.4) is 0 Å². The van der Waals surface area contributed by atoms with Gasteiger partial charge in [-0.3, -0.25) is 15.0 Å². The molecule has 0 aliphatic heterocycles. The number of rotatable bonds is 5. The third-order valence-corrected chi connectivity index (χ3v) is 4.31. The zero-order valence-electron chi connectivity index (χ0n) is 12.0. The number of aromatic nitrogens is 1. The maximum Gasteiger partial charge on any atom is 0.282 e. The molecule has 0 atom stereocenters. The Morgan fingerprint density at radius 1 is 1.09 bits per heavy atom. The van der Waals surface area contributed by atoms with Crippen LogP contribution in [0.25, 0.3) is 0 Å². The fraction of sp³-hybridized carbons (Fsp3) is 0.143. The summed E-state index contributed by atoms with van der Waals surface area (Å²) in [4.78, 5) is 25.0. The number of hydrogen-bond donors (Lipinski definition) is 2. The van der Waals surface area contributed by atoms with Crippen LogP contribution in [0.4, 0.5) is 0 Å². The lowest BCUT2D eigenvalue weighted by Gasteiger charge is -2.09. The van der Waals surface area contributed by atoms with Gasteiger partial charge in [0, 0.05) is 18.8 Å². The molecule has 0 bridgehead atoms. The number of Topliss-reactive ketones (excluding diaryl/α,β-unsaturated/α-hetero) is 1. The Balaban J connectivity index is 2.09. The number of hydrazine groups is 1. The van der Waals surface area contributed by atoms with E-state index < -0.39 is 15.9 Å². The molecule has 1 aromatic carbocycles. The Bertz CT molecular complexity index is 807. The molecule has 0 aliphatic carbocycles. The van der Waals surface area contributed by atoms with Crippen molar-refractivity contribution in [3.05, 3.63) is 53.9 Å². The topological polar surface area (TPSA) is 97.3 Å². The lowest BCUT2D eigenvalue weighted by Crippen LogP contribution is -2.42. The summed E-state index contributed by atoms with van der Waals surface area (Å²) < 4.78 is 25.7. The fourth-order valence-electron chi connectivity index (χ4n) is 1.80. The van der Waals surface area contributed by atoms with E-state index in [1.807, 2.05) is 4.83 Å². The van der Waals surface area contributed by atoms with Gasteiger partial charge in [-0.05, 0) is 31.2 Å². The molecule has 2 aromatic rings. The first-order chi connectivity index (χ1) is 10.3. The summed E-state index contributed by atoms with van der Waals surface area (Å²) in [6.45, 7) is 1.39. The molecule has 0 saturated carbocycles. The van der Waals surface area contributed by atoms with Gasteiger partial charge >= 0.3 is 0 Å². The molecule has 7 nitrogen and oxygen atoms in total. The zero-order valence-corrected chi connectivity index (χ0v) is 12.8. The molecule has 2 N–H and O–H groups in total. The van der Waals surface area contributed by atoms with Gasteiger partial charge in [-0.25, -0.2) is 8.42 Å². The van der Waals surface area contributed by atoms with Gasteiger partial charge in [-0.15, -0.1) is 4.83 Å². The van der Waals surface area contributed by atoms with Crippen LogP contribution in [0, 0.1) is 0 Å². The van der Waals surface area contributed by atoms with Crippen molar-refractivity contribution in [2.75, 3.05) is 0 Å². The van der Waals surface area contributed by atoms with Crippen LogP contribution < -0.4 is 10.3 Å². The molecule has 1 heterocycles. The SMILES string of the molecule is CC(=O)c1ccc(S(=O)(=O)NNC(=O)c2cccn2C)cc1. The van der Waals surface area contributed by atoms with Crippen LogP contribution in [0.1, 0.15) is 27.8 Å². The summed E-state index contributed by atoms with van der Waals surface area (Å²) in [7, 11) is -2.23. The third kappa shape index (κ3) is 3.41. The maximum atomic E-state index is 12.1. The average molecular weight is 321 g/mol. The summed E-state index contributed by atoms with van der Waals surface area (Å²) in [5, 5.41) is 0. The van der Waals surface area contributed by atoms with Crippen LogP contribution in [-0.4, -0.2) is 24.7 Å². The first-order valence-corrected chi connectivity index (χ1v) is 7.84. The molecule has 22 heavy (non-hydrogen) atoms. The van der Waals surface area contributed by atoms with Gasteiger partial charge in [-0.2, -0.15) is 0 Å². The lowest BCUT2D eigenvalue weighted by molar-refractivity contribution is 0.0936. The Kier molecular flexibility index (Phi) is 4.43. The fourth-order valence-corrected chi connectivity index (χ4v) is 2.64. The van der Waals surface area contributed by atoms with E-state index in [1.165, 1.54) is 31.2 Å². The first-order valence-electron chi connectivity index (χ1n) is 6.36. The minimum absolute atomic E-state index is 0.0512. The number of benzene rings is 1. The van der Waals surface area contributed by atoms with Gasteiger partial charge in [0.2, 0.25) is 0 Å². The highest BCUT2D eigenvalue weighted by molar-refractivity contribution is 7.89. The Morgan fingerprint density at radius 2 is 1.73 bits per heavy atom. The van der Waals surface area contributed by atoms with Crippen molar-refractivity contribution in [3.63, 3.8) is 0 Å². The molecule has 0 aliphatic rings. The van der Waals surface area contributed by atoms with E-state index in [4.69, 9.17) is 0 Å². The molecule has 0 radical (unpaired) electrons. The number of hydrogen-bond acceptors (Lipinski definition) is 4. The standard InChI is InChI=1S/C14H15N3O4S/c1-10(18)11-5-7-12(8-6-11)22(20,21)16-15-14(19)13-4-3-9-17(13)2/h3-9,16H,1-2H3,(H,15,19). The van der Waals surface area contributed by atoms with E-state index >= 15 is 0 Å². The van der Waals surface area contributed by atoms with Gasteiger partial charge in [0.15, 0.2) is 5.78 Å². The molecular formula is C14H15N3O4S. The van der Waals surface area contributed by atoms with Crippen LogP contribution >= 0.6 is 0 Å². The monoisotopic (exact) mass is 321 g/mol. The Labute approximate surface area is 128 Å². The van der Waals surface area contributed by atoms with Crippen molar-refractivity contribution < 1.29 is 18.0 Å². The number of nitrogens with zero attached hydrogens (tertiary/aromatic N) is 1. The minimum atomic E-state index is -3.90. The number of nitrogens with one attached hydrogen (secondary N) is 2. The van der Waals surface area contributed by atoms with Gasteiger partial charge < -0.3 is 4.57 Å². The average Bonchev–Trinajstić information content (AvgIpc) is 2.91. The van der Waals surface area contributed by atoms with E-state index in [0.717, 1.165) is 0 Å². The molecule has 1 amide bonds. The van der Waals surface area contributed by atoms with E-state index in [0.29, 0.717) is 11.3 Å². The second kappa shape index (κ2) is 6.12. The zero-order chi connectivity index (χ0) is 16.3. The summed E-state index contributed by atoms with van der Waals surface area (Å²) in [5.41, 5.74) is 2.86. The molecule has 0 saturated heterocycles. The molecule has 8 heteroatoms. The highest BCUT2D eigenvalue weighted by Crippen LogP contribution is 2.10. The van der Waals surface area contributed by atoms with E-state index in [2.05, 4.69) is 5.43 Å². The lowest BCUT2D eigenvalue weighted by atomic mass is 10.2. The quantitative estimate of drug-likeness (QED) is 0.630. The maximum absolute atomic E-state index is 12.1. The molecule has 0 fully saturated rings. The molecule has 116 valence electrons. The van der Waals surface area contributed by atoms with Crippen molar-refractivity contribution in [1.29, 1.82) is 0 Å². The van der Waals surface area contributed by atoms with Gasteiger partial charge in [0.1, 0.15) is 5.69 Å². The Hall–Kier alpha value is -2.45. The van der Waals surface area contributed by atoms with Crippen LogP contribution in [0.2, 0.25) is 0 Å². The summed E-state index contributed by atoms with van der Waals surface area (Å²) in [6, 6.07) is 8.66. The molecular weight excluding hydrogens is 306 g/mol. The van der Waals surface area contributed by atoms with Crippen LogP contribution in [0.15, 0.2) is 47.5 Å². The van der Waals surface area contributed by atoms with Crippen LogP contribution in [0.5, 0.6) is 0 Å². The minimum Gasteiger partial charge on any atom is -0.347 e. The highest BCUT2D eigenvalue weighted by Gasteiger charge is 2.17. The third-order valence-electron chi connectivity index (χ3n) is 3.05. The van der Waals surface area contributed by atoms with Crippen molar-refractivity contribution in [2.45, 2.75) is 11.8 Å². The van der Waals surface area contributed by atoms with Crippen molar-refractivity contribution >= 4 is 21.7 Å². The van der Waals surface area contributed by atoms with E-state index in [-0.39, 0.29) is 10.7 Å². The Morgan fingerprint density at radius 3 is 2.23 bits per heavy atom. The molecule has 0 spiro atoms. The molecule has 1 aromatic heterocycles. The van der Waals surface area contributed by atoms with E-state index in [1.54, 1.807) is 29.9 Å². The highest BCUT2D eigenvalue weighted by atomic mass is 32.2. The molecule has 0 unspecified atom stereocenters. The number of carbonyl (C=O) groups excluding carboxylic acids is 2. The van der Waals surface area contributed by atoms with Crippen molar-refractivity contribution in [3.8, 4) is 0 Å². The second-order valence-corrected chi connectivity index (χ2v) is 6.33. The first kappa shape index (κ1) is 15.9. The molecule has 2 rings (SSSR count). The number of ketones is 1. The predicted molar refractivity (Wildman–Crippen MR) is 79.6 cm³/mol. The summed E-state index contributed by atoms with van der Waals surface area (Å²) >= 11 is 0. The van der Waals surface area contributed by atoms with Crippen molar-refractivity contribution in [1.82, 2.24) is 14.8 Å². The normalized spacial score (nSPS) is 11.2. The second-order valence-electron chi connectivity index (χ2n) is 4.64. The number of amides is 1. The van der Waals surface area contributed by atoms with Crippen LogP contribution in [-0.2, 0) is 17.1 Å². The number of sulfonamides is 1. The summed E-state index contributed by atoms with van der Waals surface area (Å²) in [6.07, 6.45) is 1.67. The van der Waals surface area contributed by atoms with Gasteiger partial charge in [-0.1, -0.05) is 12.1 Å². The predicted octanol–water partition coefficient (Wildman–Crippen LogP) is 0.851. The summed E-state index contributed by atoms with van der Waals surface area (Å²) in [5.74, 6) is -0.731.